The topological polar surface area (TPSA) is 76.9 Å². The molecule has 7 nitrogen and oxygen atoms in total. The summed E-state index contributed by atoms with van der Waals surface area (Å²) >= 11 is 6.00. The first kappa shape index (κ1) is 15.1. The van der Waals surface area contributed by atoms with Crippen molar-refractivity contribution in [3.05, 3.63) is 22.6 Å². The van der Waals surface area contributed by atoms with Crippen molar-refractivity contribution in [2.45, 2.75) is 32.9 Å². The summed E-state index contributed by atoms with van der Waals surface area (Å²) in [6.45, 7) is 6.75. The summed E-state index contributed by atoms with van der Waals surface area (Å²) in [5, 5.41) is 11.3. The van der Waals surface area contributed by atoms with Crippen LogP contribution >= 0.6 is 11.6 Å². The SMILES string of the molecule is CNc1nc(Nc2c(C)nn(C3COC3C)c2C)ncc1Cl. The number of nitrogens with zero attached hydrogens (tertiary/aromatic N) is 4. The average Bonchev–Trinajstić information content (AvgIpc) is 2.75. The Hall–Kier alpha value is -1.86. The summed E-state index contributed by atoms with van der Waals surface area (Å²) in [4.78, 5) is 8.56. The van der Waals surface area contributed by atoms with Crippen molar-refractivity contribution in [3.8, 4) is 0 Å². The number of hydrogen-bond donors (Lipinski definition) is 2. The molecule has 2 aromatic heterocycles. The zero-order valence-corrected chi connectivity index (χ0v) is 13.8. The average molecular weight is 323 g/mol. The number of nitrogens with one attached hydrogen (secondary N) is 2. The van der Waals surface area contributed by atoms with Crippen molar-refractivity contribution < 1.29 is 4.74 Å². The Labute approximate surface area is 134 Å². The van der Waals surface area contributed by atoms with Crippen LogP contribution in [0.2, 0.25) is 5.02 Å². The van der Waals surface area contributed by atoms with Crippen LogP contribution in [-0.2, 0) is 4.74 Å². The Kier molecular flexibility index (Phi) is 3.92. The molecule has 3 rings (SSSR count). The van der Waals surface area contributed by atoms with Crippen molar-refractivity contribution in [3.63, 3.8) is 0 Å². The molecule has 1 aliphatic heterocycles. The third-order valence-corrected chi connectivity index (χ3v) is 4.21. The van der Waals surface area contributed by atoms with Gasteiger partial charge in [0.25, 0.3) is 0 Å². The molecule has 8 heteroatoms. The number of hydrogen-bond acceptors (Lipinski definition) is 6. The summed E-state index contributed by atoms with van der Waals surface area (Å²) in [5.41, 5.74) is 2.87. The Morgan fingerprint density at radius 2 is 2.18 bits per heavy atom. The van der Waals surface area contributed by atoms with Crippen molar-refractivity contribution in [2.75, 3.05) is 24.3 Å². The molecule has 3 heterocycles. The van der Waals surface area contributed by atoms with Gasteiger partial charge >= 0.3 is 0 Å². The fourth-order valence-electron chi connectivity index (χ4n) is 2.53. The van der Waals surface area contributed by atoms with Gasteiger partial charge in [0.05, 0.1) is 36.0 Å². The van der Waals surface area contributed by atoms with Crippen molar-refractivity contribution in [1.82, 2.24) is 19.7 Å². The second-order valence-electron chi connectivity index (χ2n) is 5.36. The monoisotopic (exact) mass is 322 g/mol. The van der Waals surface area contributed by atoms with Gasteiger partial charge in [-0.15, -0.1) is 0 Å². The molecule has 0 bridgehead atoms. The maximum atomic E-state index is 6.00. The summed E-state index contributed by atoms with van der Waals surface area (Å²) in [6.07, 6.45) is 1.76. The summed E-state index contributed by atoms with van der Waals surface area (Å²) in [7, 11) is 1.77. The molecule has 22 heavy (non-hydrogen) atoms. The fraction of sp³-hybridized carbons (Fsp3) is 0.500. The largest absolute Gasteiger partial charge is 0.374 e. The van der Waals surface area contributed by atoms with Gasteiger partial charge in [-0.3, -0.25) is 4.68 Å². The summed E-state index contributed by atoms with van der Waals surface area (Å²) in [6, 6.07) is 0.285. The molecule has 0 spiro atoms. The van der Waals surface area contributed by atoms with Crippen LogP contribution in [0.5, 0.6) is 0 Å². The molecule has 118 valence electrons. The first-order valence-corrected chi connectivity index (χ1v) is 7.53. The van der Waals surface area contributed by atoms with E-state index in [1.807, 2.05) is 18.5 Å². The number of aryl methyl sites for hydroxylation is 1. The van der Waals surface area contributed by atoms with E-state index in [2.05, 4.69) is 32.6 Å². The Balaban J connectivity index is 1.89. The number of rotatable bonds is 4. The normalized spacial score (nSPS) is 20.6. The Morgan fingerprint density at radius 1 is 1.41 bits per heavy atom. The first-order valence-electron chi connectivity index (χ1n) is 7.16. The second kappa shape index (κ2) is 5.73. The lowest BCUT2D eigenvalue weighted by Crippen LogP contribution is -2.40. The van der Waals surface area contributed by atoms with E-state index >= 15 is 0 Å². The van der Waals surface area contributed by atoms with E-state index in [0.717, 1.165) is 17.1 Å². The van der Waals surface area contributed by atoms with Crippen LogP contribution in [0, 0.1) is 13.8 Å². The predicted molar refractivity (Wildman–Crippen MR) is 86.0 cm³/mol. The van der Waals surface area contributed by atoms with Gasteiger partial charge in [0.1, 0.15) is 16.9 Å². The molecule has 0 saturated carbocycles. The van der Waals surface area contributed by atoms with Gasteiger partial charge in [-0.1, -0.05) is 11.6 Å². The third kappa shape index (κ3) is 2.50. The predicted octanol–water partition coefficient (Wildman–Crippen LogP) is 2.69. The maximum Gasteiger partial charge on any atom is 0.229 e. The van der Waals surface area contributed by atoms with Gasteiger partial charge in [0.15, 0.2) is 0 Å². The molecule has 1 fully saturated rings. The highest BCUT2D eigenvalue weighted by Crippen LogP contribution is 2.31. The zero-order chi connectivity index (χ0) is 15.9. The van der Waals surface area contributed by atoms with Crippen LogP contribution in [0.25, 0.3) is 0 Å². The lowest BCUT2D eigenvalue weighted by Gasteiger charge is -2.34. The Morgan fingerprint density at radius 3 is 2.77 bits per heavy atom. The molecule has 1 saturated heterocycles. The minimum atomic E-state index is 0.188. The highest BCUT2D eigenvalue weighted by molar-refractivity contribution is 6.32. The molecular weight excluding hydrogens is 304 g/mol. The van der Waals surface area contributed by atoms with Gasteiger partial charge in [-0.05, 0) is 20.8 Å². The third-order valence-electron chi connectivity index (χ3n) is 3.93. The molecule has 2 N–H and O–H groups in total. The van der Waals surface area contributed by atoms with Crippen LogP contribution in [0.4, 0.5) is 17.5 Å². The molecule has 2 unspecified atom stereocenters. The molecule has 1 aliphatic rings. The van der Waals surface area contributed by atoms with Crippen molar-refractivity contribution >= 4 is 29.1 Å². The smallest absolute Gasteiger partial charge is 0.229 e. The molecule has 0 radical (unpaired) electrons. The lowest BCUT2D eigenvalue weighted by molar-refractivity contribution is -0.0982. The minimum Gasteiger partial charge on any atom is -0.374 e. The van der Waals surface area contributed by atoms with Crippen LogP contribution in [0.1, 0.15) is 24.4 Å². The molecular formula is C14H19ClN6O. The van der Waals surface area contributed by atoms with Crippen LogP contribution < -0.4 is 10.6 Å². The number of ether oxygens (including phenoxy) is 1. The minimum absolute atomic E-state index is 0.188. The second-order valence-corrected chi connectivity index (χ2v) is 5.77. The molecule has 0 aromatic carbocycles. The van der Waals surface area contributed by atoms with Crippen LogP contribution in [0.3, 0.4) is 0 Å². The van der Waals surface area contributed by atoms with Gasteiger partial charge < -0.3 is 15.4 Å². The van der Waals surface area contributed by atoms with E-state index < -0.39 is 0 Å². The molecule has 0 aliphatic carbocycles. The quantitative estimate of drug-likeness (QED) is 0.901. The zero-order valence-electron chi connectivity index (χ0n) is 13.0. The molecule has 0 amide bonds. The summed E-state index contributed by atoms with van der Waals surface area (Å²) < 4.78 is 7.45. The van der Waals surface area contributed by atoms with Gasteiger partial charge in [-0.25, -0.2) is 4.98 Å². The fourth-order valence-corrected chi connectivity index (χ4v) is 2.71. The first-order chi connectivity index (χ1) is 10.5. The lowest BCUT2D eigenvalue weighted by atomic mass is 10.1. The van der Waals surface area contributed by atoms with Crippen molar-refractivity contribution in [1.29, 1.82) is 0 Å². The summed E-state index contributed by atoms with van der Waals surface area (Å²) in [5.74, 6) is 1.07. The van der Waals surface area contributed by atoms with E-state index in [0.29, 0.717) is 23.4 Å². The van der Waals surface area contributed by atoms with E-state index in [1.54, 1.807) is 13.2 Å². The maximum absolute atomic E-state index is 6.00. The van der Waals surface area contributed by atoms with E-state index in [1.165, 1.54) is 0 Å². The van der Waals surface area contributed by atoms with Crippen molar-refractivity contribution in [2.24, 2.45) is 0 Å². The van der Waals surface area contributed by atoms with E-state index in [9.17, 15) is 0 Å². The Bertz CT molecular complexity index is 701. The number of halogens is 1. The van der Waals surface area contributed by atoms with Crippen LogP contribution in [-0.4, -0.2) is 39.5 Å². The highest BCUT2D eigenvalue weighted by Gasteiger charge is 2.32. The highest BCUT2D eigenvalue weighted by atomic mass is 35.5. The standard InChI is InChI=1S/C14H19ClN6O/c1-7-12(8(2)21(20-7)11-6-22-9(11)3)18-14-17-5-10(15)13(16-4)19-14/h5,9,11H,6H2,1-4H3,(H2,16,17,18,19). The van der Waals surface area contributed by atoms with Gasteiger partial charge in [-0.2, -0.15) is 10.1 Å². The van der Waals surface area contributed by atoms with Gasteiger partial charge in [0, 0.05) is 7.05 Å². The molecule has 2 atom stereocenters. The van der Waals surface area contributed by atoms with E-state index in [4.69, 9.17) is 16.3 Å². The van der Waals surface area contributed by atoms with Gasteiger partial charge in [0.2, 0.25) is 5.95 Å². The van der Waals surface area contributed by atoms with E-state index in [-0.39, 0.29) is 12.1 Å². The molecule has 2 aromatic rings. The number of aromatic nitrogens is 4. The number of anilines is 3. The van der Waals surface area contributed by atoms with Crippen LogP contribution in [0.15, 0.2) is 6.20 Å².